The van der Waals surface area contributed by atoms with Gasteiger partial charge in [0, 0.05) is 38.6 Å². The Labute approximate surface area is 168 Å². The van der Waals surface area contributed by atoms with Crippen LogP contribution in [-0.2, 0) is 13.0 Å². The average molecular weight is 381 g/mol. The molecule has 1 saturated heterocycles. The van der Waals surface area contributed by atoms with Gasteiger partial charge < -0.3 is 15.1 Å². The zero-order valence-electron chi connectivity index (χ0n) is 16.9. The molecule has 0 unspecified atom stereocenters. The van der Waals surface area contributed by atoms with Gasteiger partial charge in [-0.15, -0.1) is 0 Å². The van der Waals surface area contributed by atoms with Crippen molar-refractivity contribution in [3.63, 3.8) is 0 Å². The molecule has 2 aromatic rings. The van der Waals surface area contributed by atoms with Crippen molar-refractivity contribution < 1.29 is 4.79 Å². The standard InChI is InChI=1S/C23H32N4O/c1-2-26-14-7-11-22(18-26)17-25-23(28)27(19-21-10-6-13-24-16-21)15-12-20-8-4-3-5-9-20/h3-6,8-10,13,16,22H,2,7,11-12,14-15,17-19H2,1H3,(H,25,28)/t22-/m1/s1. The lowest BCUT2D eigenvalue weighted by atomic mass is 9.98. The van der Waals surface area contributed by atoms with E-state index in [9.17, 15) is 4.79 Å². The van der Waals surface area contributed by atoms with Gasteiger partial charge in [-0.3, -0.25) is 4.98 Å². The summed E-state index contributed by atoms with van der Waals surface area (Å²) in [7, 11) is 0. The number of amides is 2. The highest BCUT2D eigenvalue weighted by atomic mass is 16.2. The van der Waals surface area contributed by atoms with E-state index in [1.165, 1.54) is 24.9 Å². The number of nitrogens with one attached hydrogen (secondary N) is 1. The molecule has 150 valence electrons. The van der Waals surface area contributed by atoms with E-state index in [1.807, 2.05) is 41.4 Å². The van der Waals surface area contributed by atoms with E-state index in [1.54, 1.807) is 6.20 Å². The lowest BCUT2D eigenvalue weighted by Crippen LogP contribution is -2.45. The van der Waals surface area contributed by atoms with Gasteiger partial charge in [-0.1, -0.05) is 43.3 Å². The quantitative estimate of drug-likeness (QED) is 0.762. The summed E-state index contributed by atoms with van der Waals surface area (Å²) in [5.74, 6) is 0.548. The molecule has 1 fully saturated rings. The van der Waals surface area contributed by atoms with E-state index >= 15 is 0 Å². The van der Waals surface area contributed by atoms with Crippen LogP contribution in [0.1, 0.15) is 30.9 Å². The Morgan fingerprint density at radius 3 is 2.79 bits per heavy atom. The highest BCUT2D eigenvalue weighted by Gasteiger charge is 2.21. The van der Waals surface area contributed by atoms with Crippen LogP contribution in [0.3, 0.4) is 0 Å². The number of aromatic nitrogens is 1. The van der Waals surface area contributed by atoms with Gasteiger partial charge in [-0.05, 0) is 55.5 Å². The second-order valence-electron chi connectivity index (χ2n) is 7.61. The fraction of sp³-hybridized carbons (Fsp3) is 0.478. The summed E-state index contributed by atoms with van der Waals surface area (Å²) in [5.41, 5.74) is 2.30. The molecule has 0 aliphatic carbocycles. The first-order chi connectivity index (χ1) is 13.7. The average Bonchev–Trinajstić information content (AvgIpc) is 2.76. The number of hydrogen-bond acceptors (Lipinski definition) is 3. The molecule has 1 N–H and O–H groups in total. The summed E-state index contributed by atoms with van der Waals surface area (Å²) < 4.78 is 0. The Morgan fingerprint density at radius 1 is 1.21 bits per heavy atom. The molecule has 2 heterocycles. The number of carbonyl (C=O) groups is 1. The number of rotatable bonds is 8. The predicted octanol–water partition coefficient (Wildman–Crippen LogP) is 3.57. The van der Waals surface area contributed by atoms with Crippen LogP contribution in [-0.4, -0.2) is 53.5 Å². The van der Waals surface area contributed by atoms with E-state index in [-0.39, 0.29) is 6.03 Å². The van der Waals surface area contributed by atoms with Gasteiger partial charge in [-0.25, -0.2) is 4.79 Å². The predicted molar refractivity (Wildman–Crippen MR) is 113 cm³/mol. The number of likely N-dealkylation sites (tertiary alicyclic amines) is 1. The molecule has 0 saturated carbocycles. The Morgan fingerprint density at radius 2 is 2.04 bits per heavy atom. The molecular weight excluding hydrogens is 348 g/mol. The fourth-order valence-electron chi connectivity index (χ4n) is 3.82. The molecule has 1 aromatic heterocycles. The lowest BCUT2D eigenvalue weighted by molar-refractivity contribution is 0.169. The monoisotopic (exact) mass is 380 g/mol. The smallest absolute Gasteiger partial charge is 0.317 e. The van der Waals surface area contributed by atoms with Crippen molar-refractivity contribution >= 4 is 6.03 Å². The molecule has 0 bridgehead atoms. The van der Waals surface area contributed by atoms with Crippen molar-refractivity contribution in [2.75, 3.05) is 32.7 Å². The summed E-state index contributed by atoms with van der Waals surface area (Å²) in [6, 6.07) is 14.3. The van der Waals surface area contributed by atoms with Gasteiger partial charge in [0.05, 0.1) is 0 Å². The Kier molecular flexibility index (Phi) is 7.85. The summed E-state index contributed by atoms with van der Waals surface area (Å²) in [6.07, 6.45) is 6.87. The van der Waals surface area contributed by atoms with Crippen LogP contribution >= 0.6 is 0 Å². The zero-order valence-corrected chi connectivity index (χ0v) is 16.9. The second kappa shape index (κ2) is 10.8. The highest BCUT2D eigenvalue weighted by molar-refractivity contribution is 5.74. The van der Waals surface area contributed by atoms with E-state index < -0.39 is 0 Å². The number of nitrogens with zero attached hydrogens (tertiary/aromatic N) is 3. The molecule has 3 rings (SSSR count). The number of benzene rings is 1. The number of urea groups is 1. The van der Waals surface area contributed by atoms with E-state index in [0.29, 0.717) is 19.0 Å². The van der Waals surface area contributed by atoms with Gasteiger partial charge in [0.1, 0.15) is 0 Å². The van der Waals surface area contributed by atoms with Gasteiger partial charge in [0.15, 0.2) is 0 Å². The highest BCUT2D eigenvalue weighted by Crippen LogP contribution is 2.15. The van der Waals surface area contributed by atoms with Crippen molar-refractivity contribution in [3.8, 4) is 0 Å². The lowest BCUT2D eigenvalue weighted by Gasteiger charge is -2.32. The summed E-state index contributed by atoms with van der Waals surface area (Å²) in [6.45, 7) is 7.60. The maximum atomic E-state index is 12.9. The normalized spacial score (nSPS) is 17.2. The topological polar surface area (TPSA) is 48.5 Å². The van der Waals surface area contributed by atoms with Crippen LogP contribution in [0.25, 0.3) is 0 Å². The largest absolute Gasteiger partial charge is 0.338 e. The third kappa shape index (κ3) is 6.34. The van der Waals surface area contributed by atoms with Gasteiger partial charge in [0.2, 0.25) is 0 Å². The molecule has 5 heteroatoms. The fourth-order valence-corrected chi connectivity index (χ4v) is 3.82. The molecule has 1 atom stereocenters. The Bertz CT molecular complexity index is 707. The molecule has 28 heavy (non-hydrogen) atoms. The Hall–Kier alpha value is -2.40. The molecule has 1 aromatic carbocycles. The minimum Gasteiger partial charge on any atom is -0.338 e. The molecule has 1 aliphatic rings. The number of pyridine rings is 1. The SMILES string of the molecule is CCN1CCC[C@H](CNC(=O)N(CCc2ccccc2)Cc2cccnc2)C1. The van der Waals surface area contributed by atoms with Crippen LogP contribution in [0, 0.1) is 5.92 Å². The molecule has 2 amide bonds. The van der Waals surface area contributed by atoms with Crippen molar-refractivity contribution in [1.29, 1.82) is 0 Å². The van der Waals surface area contributed by atoms with E-state index in [2.05, 4.69) is 34.3 Å². The van der Waals surface area contributed by atoms with E-state index in [4.69, 9.17) is 0 Å². The van der Waals surface area contributed by atoms with Crippen molar-refractivity contribution in [1.82, 2.24) is 20.1 Å². The maximum Gasteiger partial charge on any atom is 0.317 e. The third-order valence-electron chi connectivity index (χ3n) is 5.49. The van der Waals surface area contributed by atoms with Gasteiger partial charge in [-0.2, -0.15) is 0 Å². The minimum atomic E-state index is 0.0217. The summed E-state index contributed by atoms with van der Waals surface area (Å²) in [5, 5.41) is 3.19. The minimum absolute atomic E-state index is 0.0217. The third-order valence-corrected chi connectivity index (χ3v) is 5.49. The van der Waals surface area contributed by atoms with Crippen LogP contribution in [0.4, 0.5) is 4.79 Å². The van der Waals surface area contributed by atoms with Crippen LogP contribution in [0.2, 0.25) is 0 Å². The molecule has 5 nitrogen and oxygen atoms in total. The Balaban J connectivity index is 1.57. The zero-order chi connectivity index (χ0) is 19.6. The van der Waals surface area contributed by atoms with Gasteiger partial charge in [0.25, 0.3) is 0 Å². The number of piperidine rings is 1. The molecule has 0 spiro atoms. The second-order valence-corrected chi connectivity index (χ2v) is 7.61. The number of carbonyl (C=O) groups excluding carboxylic acids is 1. The first-order valence-electron chi connectivity index (χ1n) is 10.4. The van der Waals surface area contributed by atoms with Crippen LogP contribution < -0.4 is 5.32 Å². The first kappa shape index (κ1) is 20.3. The maximum absolute atomic E-state index is 12.9. The van der Waals surface area contributed by atoms with Crippen LogP contribution in [0.5, 0.6) is 0 Å². The molecule has 1 aliphatic heterocycles. The molecule has 0 radical (unpaired) electrons. The van der Waals surface area contributed by atoms with E-state index in [0.717, 1.165) is 31.6 Å². The summed E-state index contributed by atoms with van der Waals surface area (Å²) in [4.78, 5) is 21.5. The van der Waals surface area contributed by atoms with Crippen molar-refractivity contribution in [3.05, 3.63) is 66.0 Å². The molecular formula is C23H32N4O. The van der Waals surface area contributed by atoms with Crippen molar-refractivity contribution in [2.24, 2.45) is 5.92 Å². The van der Waals surface area contributed by atoms with Crippen molar-refractivity contribution in [2.45, 2.75) is 32.7 Å². The van der Waals surface area contributed by atoms with Gasteiger partial charge >= 0.3 is 6.03 Å². The number of hydrogen-bond donors (Lipinski definition) is 1. The van der Waals surface area contributed by atoms with Crippen LogP contribution in [0.15, 0.2) is 54.9 Å². The first-order valence-corrected chi connectivity index (χ1v) is 10.4. The summed E-state index contributed by atoms with van der Waals surface area (Å²) >= 11 is 0.